The number of aromatic nitrogens is 4. The second-order valence-corrected chi connectivity index (χ2v) is 16.9. The van der Waals surface area contributed by atoms with Crippen molar-refractivity contribution in [2.75, 3.05) is 22.9 Å². The summed E-state index contributed by atoms with van der Waals surface area (Å²) in [6, 6.07) is 1.49. The molecule has 15 nitrogen and oxygen atoms in total. The fourth-order valence-electron chi connectivity index (χ4n) is 5.92. The zero-order chi connectivity index (χ0) is 40.0. The van der Waals surface area contributed by atoms with Crippen LogP contribution in [0.4, 0.5) is 30.3 Å². The molecule has 0 radical (unpaired) electrons. The van der Waals surface area contributed by atoms with Gasteiger partial charge in [-0.05, 0) is 87.6 Å². The topological polar surface area (TPSA) is 170 Å². The van der Waals surface area contributed by atoms with E-state index in [1.165, 1.54) is 18.5 Å². The highest BCUT2D eigenvalue weighted by Gasteiger charge is 2.49. The van der Waals surface area contributed by atoms with E-state index in [-0.39, 0.29) is 65.6 Å². The highest BCUT2D eigenvalue weighted by molar-refractivity contribution is 6.31. The zero-order valence-electron chi connectivity index (χ0n) is 32.1. The third-order valence-corrected chi connectivity index (χ3v) is 8.59. The molecule has 2 aromatic heterocycles. The van der Waals surface area contributed by atoms with Crippen molar-refractivity contribution < 1.29 is 37.8 Å². The van der Waals surface area contributed by atoms with Crippen LogP contribution in [0.5, 0.6) is 0 Å². The van der Waals surface area contributed by atoms with Crippen molar-refractivity contribution in [3.8, 4) is 0 Å². The molecule has 17 heteroatoms. The van der Waals surface area contributed by atoms with E-state index in [0.717, 1.165) is 19.2 Å². The van der Waals surface area contributed by atoms with E-state index in [0.29, 0.717) is 16.2 Å². The second kappa shape index (κ2) is 14.7. The number of nitrogens with one attached hydrogen (secondary N) is 2. The summed E-state index contributed by atoms with van der Waals surface area (Å²) in [5, 5.41) is 5.67. The van der Waals surface area contributed by atoms with Crippen LogP contribution in [0.2, 0.25) is 5.02 Å². The van der Waals surface area contributed by atoms with Gasteiger partial charge >= 0.3 is 18.3 Å². The van der Waals surface area contributed by atoms with E-state index < -0.39 is 46.4 Å². The summed E-state index contributed by atoms with van der Waals surface area (Å²) < 4.78 is 33.9. The molecule has 2 fully saturated rings. The van der Waals surface area contributed by atoms with Crippen LogP contribution >= 0.6 is 11.6 Å². The van der Waals surface area contributed by atoms with E-state index in [2.05, 4.69) is 32.2 Å². The summed E-state index contributed by atoms with van der Waals surface area (Å²) in [6.07, 6.45) is 3.00. The maximum atomic E-state index is 15.7. The highest BCUT2D eigenvalue weighted by Crippen LogP contribution is 2.38. The average Bonchev–Trinajstić information content (AvgIpc) is 3.58. The summed E-state index contributed by atoms with van der Waals surface area (Å²) in [5.41, 5.74) is -2.86. The Hall–Kier alpha value is -4.99. The molecule has 1 aromatic carbocycles. The van der Waals surface area contributed by atoms with E-state index in [9.17, 15) is 19.2 Å². The van der Waals surface area contributed by atoms with Crippen LogP contribution in [0.25, 0.3) is 17.2 Å². The molecular weight excluding hydrogens is 723 g/mol. The molecule has 0 bridgehead atoms. The van der Waals surface area contributed by atoms with Crippen LogP contribution in [0.15, 0.2) is 25.3 Å². The van der Waals surface area contributed by atoms with Crippen LogP contribution in [-0.4, -0.2) is 85.2 Å². The Balaban J connectivity index is 1.56. The Morgan fingerprint density at radius 2 is 1.61 bits per heavy atom. The number of alkyl carbamates (subject to hydrolysis) is 1. The molecule has 3 heterocycles. The van der Waals surface area contributed by atoms with Gasteiger partial charge in [-0.15, -0.1) is 0 Å². The van der Waals surface area contributed by atoms with Crippen molar-refractivity contribution in [3.05, 3.63) is 47.3 Å². The van der Waals surface area contributed by atoms with E-state index in [4.69, 9.17) is 25.8 Å². The molecule has 0 spiro atoms. The summed E-state index contributed by atoms with van der Waals surface area (Å²) in [5.74, 6) is -1.25. The molecule has 3 aromatic rings. The minimum Gasteiger partial charge on any atom is -0.444 e. The number of rotatable bonds is 8. The Bertz CT molecular complexity index is 1950. The summed E-state index contributed by atoms with van der Waals surface area (Å²) in [6.45, 7) is 19.2. The molecule has 1 aliphatic carbocycles. The lowest BCUT2D eigenvalue weighted by Gasteiger charge is -2.32. The normalized spacial score (nSPS) is 17.6. The van der Waals surface area contributed by atoms with Gasteiger partial charge in [0.05, 0.1) is 24.4 Å². The maximum absolute atomic E-state index is 15.7. The smallest absolute Gasteiger partial charge is 0.425 e. The van der Waals surface area contributed by atoms with Gasteiger partial charge in [0, 0.05) is 29.4 Å². The van der Waals surface area contributed by atoms with Gasteiger partial charge in [-0.2, -0.15) is 4.90 Å². The predicted molar refractivity (Wildman–Crippen MR) is 201 cm³/mol. The molecule has 4 amide bonds. The number of carbonyl (C=O) groups is 4. The summed E-state index contributed by atoms with van der Waals surface area (Å²) in [4.78, 5) is 69.3. The predicted octanol–water partition coefficient (Wildman–Crippen LogP) is 6.74. The molecule has 1 aliphatic heterocycles. The first kappa shape index (κ1) is 40.2. The van der Waals surface area contributed by atoms with E-state index in [1.807, 2.05) is 4.90 Å². The first-order chi connectivity index (χ1) is 25.0. The van der Waals surface area contributed by atoms with Gasteiger partial charge in [0.1, 0.15) is 34.5 Å². The van der Waals surface area contributed by atoms with Crippen LogP contribution in [0, 0.1) is 5.82 Å². The van der Waals surface area contributed by atoms with Crippen molar-refractivity contribution in [1.29, 1.82) is 0 Å². The molecule has 1 saturated heterocycles. The first-order valence-electron chi connectivity index (χ1n) is 17.6. The Kier molecular flexibility index (Phi) is 10.9. The number of imidazole rings is 1. The first-order valence-corrected chi connectivity index (χ1v) is 18.0. The highest BCUT2D eigenvalue weighted by atomic mass is 35.5. The molecule has 0 unspecified atom stereocenters. The number of nitrogens with zero attached hydrogens (tertiary/aromatic N) is 6. The number of amides is 4. The van der Waals surface area contributed by atoms with Gasteiger partial charge in [0.2, 0.25) is 5.91 Å². The molecule has 2 N–H and O–H groups in total. The maximum Gasteiger partial charge on any atom is 0.425 e. The standard InChI is InChI=1S/C37H48ClFN8O7/c1-11-22-23(17-46-20-42-27-28(46)40-19-41-29(27)47(32(50)53-35(5,6)7)33(51)54-36(8,9)10)25(16-24(38)26(22)39)45-15-14-37(18-45,30(48)43-21-12-13-21)44-31(49)52-34(2,3)4/h11,16,19-21H,1,12-15,17-18H2,2-10H3,(H,43,48)(H,44,49)/t37-/m1/s1. The fraction of sp³-hybridized carbons (Fsp3) is 0.541. The van der Waals surface area contributed by atoms with Crippen molar-refractivity contribution in [3.63, 3.8) is 0 Å². The molecule has 1 saturated carbocycles. The van der Waals surface area contributed by atoms with Gasteiger partial charge < -0.3 is 34.3 Å². The molecule has 5 rings (SSSR count). The minimum absolute atomic E-state index is 0.0219. The quantitative estimate of drug-likeness (QED) is 0.233. The van der Waals surface area contributed by atoms with Gasteiger partial charge in [-0.1, -0.05) is 24.3 Å². The third kappa shape index (κ3) is 9.20. The van der Waals surface area contributed by atoms with Crippen molar-refractivity contribution >= 4 is 64.5 Å². The number of anilines is 2. The lowest BCUT2D eigenvalue weighted by atomic mass is 9.97. The van der Waals surface area contributed by atoms with Crippen LogP contribution in [0.3, 0.4) is 0 Å². The Morgan fingerprint density at radius 3 is 2.17 bits per heavy atom. The number of carbonyl (C=O) groups excluding carboxylic acids is 4. The second-order valence-electron chi connectivity index (χ2n) is 16.5. The number of halogens is 2. The lowest BCUT2D eigenvalue weighted by molar-refractivity contribution is -0.127. The number of benzene rings is 1. The number of ether oxygens (including phenoxy) is 3. The molecular formula is C37H48ClFN8O7. The largest absolute Gasteiger partial charge is 0.444 e. The molecule has 292 valence electrons. The van der Waals surface area contributed by atoms with Gasteiger partial charge in [0.25, 0.3) is 0 Å². The van der Waals surface area contributed by atoms with Crippen molar-refractivity contribution in [2.45, 2.75) is 117 Å². The fourth-order valence-corrected chi connectivity index (χ4v) is 6.13. The van der Waals surface area contributed by atoms with Crippen LogP contribution < -0.4 is 20.4 Å². The van der Waals surface area contributed by atoms with Crippen molar-refractivity contribution in [1.82, 2.24) is 30.2 Å². The van der Waals surface area contributed by atoms with Crippen LogP contribution in [-0.2, 0) is 25.5 Å². The third-order valence-electron chi connectivity index (χ3n) is 8.32. The van der Waals surface area contributed by atoms with Gasteiger partial charge in [-0.3, -0.25) is 4.79 Å². The summed E-state index contributed by atoms with van der Waals surface area (Å²) in [7, 11) is 0. The lowest BCUT2D eigenvalue weighted by Crippen LogP contribution is -2.61. The molecule has 1 atom stereocenters. The number of imide groups is 1. The molecule has 2 aliphatic rings. The van der Waals surface area contributed by atoms with Gasteiger partial charge in [0.15, 0.2) is 17.0 Å². The Morgan fingerprint density at radius 1 is 1.00 bits per heavy atom. The Labute approximate surface area is 318 Å². The van der Waals surface area contributed by atoms with E-state index in [1.54, 1.807) is 66.9 Å². The number of hydrogen-bond acceptors (Lipinski definition) is 11. The minimum atomic E-state index is -1.37. The monoisotopic (exact) mass is 770 g/mol. The van der Waals surface area contributed by atoms with Crippen molar-refractivity contribution in [2.24, 2.45) is 0 Å². The molecule has 54 heavy (non-hydrogen) atoms. The number of hydrogen-bond donors (Lipinski definition) is 2. The SMILES string of the molecule is C=Cc1c(F)c(Cl)cc(N2CC[C@](NC(=O)OC(C)(C)C)(C(=O)NC3CC3)C2)c1Cn1cnc2c(N(C(=O)OC(C)(C)C)C(=O)OC(C)(C)C)ncnc21. The zero-order valence-corrected chi connectivity index (χ0v) is 32.9. The summed E-state index contributed by atoms with van der Waals surface area (Å²) >= 11 is 6.45. The number of fused-ring (bicyclic) bond motifs is 1. The van der Waals surface area contributed by atoms with E-state index >= 15 is 4.39 Å². The van der Waals surface area contributed by atoms with Gasteiger partial charge in [-0.25, -0.2) is 33.7 Å². The average molecular weight is 771 g/mol. The van der Waals surface area contributed by atoms with Crippen LogP contribution in [0.1, 0.15) is 92.7 Å².